The van der Waals surface area contributed by atoms with Crippen LogP contribution in [0, 0.1) is 0 Å². The minimum atomic E-state index is -0.795. The Morgan fingerprint density at radius 3 is 2.65 bits per heavy atom. The second-order valence-electron chi connectivity index (χ2n) is 5.02. The third kappa shape index (κ3) is 2.18. The summed E-state index contributed by atoms with van der Waals surface area (Å²) in [5.74, 6) is 0. The topological polar surface area (TPSA) is 20.3 Å². The molecule has 0 spiro atoms. The molecule has 1 aliphatic rings. The van der Waals surface area contributed by atoms with Gasteiger partial charge in [-0.2, -0.15) is 0 Å². The summed E-state index contributed by atoms with van der Waals surface area (Å²) in [5, 5.41) is 0.244. The first-order valence-corrected chi connectivity index (χ1v) is 7.46. The molecule has 1 aromatic rings. The van der Waals surface area contributed by atoms with Gasteiger partial charge in [0.25, 0.3) is 0 Å². The van der Waals surface area contributed by atoms with Crippen LogP contribution in [0.5, 0.6) is 0 Å². The average Bonchev–Trinajstić information content (AvgIpc) is 2.35. The van der Waals surface area contributed by atoms with Crippen LogP contribution in [0.3, 0.4) is 0 Å². The van der Waals surface area contributed by atoms with Crippen molar-refractivity contribution in [2.45, 2.75) is 30.3 Å². The predicted molar refractivity (Wildman–Crippen MR) is 73.5 cm³/mol. The maximum Gasteiger partial charge on any atom is 0.0834 e. The highest BCUT2D eigenvalue weighted by Gasteiger charge is 2.43. The number of hydrogen-bond donors (Lipinski definition) is 0. The molecular weight excluding hydrogens is 230 g/mol. The van der Waals surface area contributed by atoms with Crippen LogP contribution < -0.4 is 0 Å². The van der Waals surface area contributed by atoms with Gasteiger partial charge in [0.1, 0.15) is 0 Å². The fraction of sp³-hybridized carbons (Fsp3) is 0.571. The van der Waals surface area contributed by atoms with Gasteiger partial charge in [-0.1, -0.05) is 37.3 Å². The van der Waals surface area contributed by atoms with E-state index in [4.69, 9.17) is 0 Å². The van der Waals surface area contributed by atoms with Gasteiger partial charge in [-0.05, 0) is 26.0 Å². The summed E-state index contributed by atoms with van der Waals surface area (Å²) < 4.78 is 12.5. The van der Waals surface area contributed by atoms with Crippen molar-refractivity contribution in [2.24, 2.45) is 0 Å². The molecule has 0 aliphatic carbocycles. The monoisotopic (exact) mass is 251 g/mol. The quantitative estimate of drug-likeness (QED) is 0.804. The Balaban J connectivity index is 2.45. The largest absolute Gasteiger partial charge is 0.303 e. The molecule has 1 saturated heterocycles. The molecule has 0 aromatic heterocycles. The molecule has 17 heavy (non-hydrogen) atoms. The van der Waals surface area contributed by atoms with Crippen molar-refractivity contribution >= 4 is 10.8 Å². The number of hydrogen-bond acceptors (Lipinski definition) is 2. The van der Waals surface area contributed by atoms with E-state index in [-0.39, 0.29) is 10.00 Å². The molecule has 2 nitrogen and oxygen atoms in total. The Kier molecular flexibility index (Phi) is 3.69. The maximum absolute atomic E-state index is 12.7. The summed E-state index contributed by atoms with van der Waals surface area (Å²) in [6.07, 6.45) is 0.929. The second-order valence-corrected chi connectivity index (χ2v) is 7.20. The van der Waals surface area contributed by atoms with Crippen LogP contribution in [-0.4, -0.2) is 34.5 Å². The Bertz CT molecular complexity index is 406. The van der Waals surface area contributed by atoms with E-state index in [0.29, 0.717) is 0 Å². The highest BCUT2D eigenvalue weighted by Crippen LogP contribution is 2.37. The van der Waals surface area contributed by atoms with Crippen LogP contribution in [0.15, 0.2) is 30.3 Å². The predicted octanol–water partition coefficient (Wildman–Crippen LogP) is 2.37. The molecule has 1 heterocycles. The molecule has 0 bridgehead atoms. The van der Waals surface area contributed by atoms with Crippen molar-refractivity contribution in [3.8, 4) is 0 Å². The lowest BCUT2D eigenvalue weighted by Crippen LogP contribution is -2.53. The van der Waals surface area contributed by atoms with E-state index in [1.807, 2.05) is 18.2 Å². The molecule has 3 heteroatoms. The molecule has 1 aliphatic heterocycles. The summed E-state index contributed by atoms with van der Waals surface area (Å²) in [7, 11) is 1.33. The van der Waals surface area contributed by atoms with Crippen LogP contribution in [0.25, 0.3) is 0 Å². The number of benzene rings is 1. The van der Waals surface area contributed by atoms with E-state index in [9.17, 15) is 4.21 Å². The molecule has 0 radical (unpaired) electrons. The summed E-state index contributed by atoms with van der Waals surface area (Å²) in [6, 6.07) is 10.3. The van der Waals surface area contributed by atoms with Crippen LogP contribution in [-0.2, 0) is 15.5 Å². The lowest BCUT2D eigenvalue weighted by Gasteiger charge is -2.43. The standard InChI is InChI=1S/C14H21NOS/c1-4-14(13-8-6-5-7-9-13)11-15(3)10-12(2)17(14)16/h5-9,12H,4,10-11H2,1-3H3/t12-,14-,17?/m1/s1. The number of likely N-dealkylation sites (N-methyl/N-ethyl adjacent to an activating group) is 1. The number of rotatable bonds is 2. The lowest BCUT2D eigenvalue weighted by atomic mass is 9.94. The van der Waals surface area contributed by atoms with Gasteiger partial charge >= 0.3 is 0 Å². The van der Waals surface area contributed by atoms with Crippen LogP contribution >= 0.6 is 0 Å². The van der Waals surface area contributed by atoms with Gasteiger partial charge in [-0.15, -0.1) is 0 Å². The fourth-order valence-electron chi connectivity index (χ4n) is 2.86. The average molecular weight is 251 g/mol. The Morgan fingerprint density at radius 1 is 1.41 bits per heavy atom. The summed E-state index contributed by atoms with van der Waals surface area (Å²) in [6.45, 7) is 6.07. The summed E-state index contributed by atoms with van der Waals surface area (Å²) >= 11 is 0. The second kappa shape index (κ2) is 4.91. The summed E-state index contributed by atoms with van der Waals surface area (Å²) in [4.78, 5) is 2.31. The smallest absolute Gasteiger partial charge is 0.0834 e. The van der Waals surface area contributed by atoms with E-state index in [1.54, 1.807) is 0 Å². The van der Waals surface area contributed by atoms with Crippen molar-refractivity contribution in [1.29, 1.82) is 0 Å². The molecule has 1 unspecified atom stereocenters. The van der Waals surface area contributed by atoms with Crippen LogP contribution in [0.1, 0.15) is 25.8 Å². The Morgan fingerprint density at radius 2 is 2.06 bits per heavy atom. The van der Waals surface area contributed by atoms with E-state index in [2.05, 4.69) is 37.9 Å². The molecule has 1 aromatic carbocycles. The minimum absolute atomic E-state index is 0.187. The molecule has 0 amide bonds. The van der Waals surface area contributed by atoms with Gasteiger partial charge in [-0.3, -0.25) is 4.21 Å². The fourth-order valence-corrected chi connectivity index (χ4v) is 5.02. The van der Waals surface area contributed by atoms with Crippen molar-refractivity contribution in [2.75, 3.05) is 20.1 Å². The number of nitrogens with zero attached hydrogens (tertiary/aromatic N) is 1. The Hall–Kier alpha value is -0.670. The molecule has 1 fully saturated rings. The zero-order chi connectivity index (χ0) is 12.5. The highest BCUT2D eigenvalue weighted by molar-refractivity contribution is 7.86. The highest BCUT2D eigenvalue weighted by atomic mass is 32.2. The van der Waals surface area contributed by atoms with Gasteiger partial charge in [0.2, 0.25) is 0 Å². The van der Waals surface area contributed by atoms with Crippen molar-refractivity contribution in [3.63, 3.8) is 0 Å². The van der Waals surface area contributed by atoms with E-state index in [1.165, 1.54) is 5.56 Å². The van der Waals surface area contributed by atoms with Gasteiger partial charge in [-0.25, -0.2) is 0 Å². The van der Waals surface area contributed by atoms with Gasteiger partial charge < -0.3 is 4.90 Å². The normalized spacial score (nSPS) is 34.8. The van der Waals surface area contributed by atoms with Crippen LogP contribution in [0.4, 0.5) is 0 Å². The van der Waals surface area contributed by atoms with Gasteiger partial charge in [0.15, 0.2) is 0 Å². The molecule has 94 valence electrons. The van der Waals surface area contributed by atoms with Crippen molar-refractivity contribution < 1.29 is 4.21 Å². The zero-order valence-electron chi connectivity index (χ0n) is 10.8. The molecule has 3 atom stereocenters. The first-order valence-electron chi connectivity index (χ1n) is 6.25. The molecule has 2 rings (SSSR count). The zero-order valence-corrected chi connectivity index (χ0v) is 11.7. The first kappa shape index (κ1) is 12.8. The third-order valence-corrected chi connectivity index (χ3v) is 6.02. The third-order valence-electron chi connectivity index (χ3n) is 3.72. The van der Waals surface area contributed by atoms with E-state index in [0.717, 1.165) is 19.5 Å². The maximum atomic E-state index is 12.7. The Labute approximate surface area is 106 Å². The van der Waals surface area contributed by atoms with Crippen LogP contribution in [0.2, 0.25) is 0 Å². The van der Waals surface area contributed by atoms with Crippen molar-refractivity contribution in [3.05, 3.63) is 35.9 Å². The molecule has 0 saturated carbocycles. The van der Waals surface area contributed by atoms with E-state index >= 15 is 0 Å². The SMILES string of the molecule is CC[C@]1(c2ccccc2)CN(C)C[C@@H](C)S1=O. The van der Waals surface area contributed by atoms with E-state index < -0.39 is 10.8 Å². The first-order chi connectivity index (χ1) is 8.10. The molecule has 0 N–H and O–H groups in total. The van der Waals surface area contributed by atoms with Gasteiger partial charge in [0, 0.05) is 29.1 Å². The summed E-state index contributed by atoms with van der Waals surface area (Å²) in [5.41, 5.74) is 1.22. The molecular formula is C14H21NOS. The van der Waals surface area contributed by atoms with Gasteiger partial charge in [0.05, 0.1) is 4.75 Å². The lowest BCUT2D eigenvalue weighted by molar-refractivity contribution is 0.270. The van der Waals surface area contributed by atoms with Crippen molar-refractivity contribution in [1.82, 2.24) is 4.90 Å². The minimum Gasteiger partial charge on any atom is -0.303 e.